The van der Waals surface area contributed by atoms with Crippen LogP contribution < -0.4 is 5.32 Å². The Bertz CT molecular complexity index is 1270. The van der Waals surface area contributed by atoms with Crippen molar-refractivity contribution in [1.29, 1.82) is 0 Å². The molecule has 1 aliphatic carbocycles. The molecule has 4 nitrogen and oxygen atoms in total. The van der Waals surface area contributed by atoms with Crippen LogP contribution in [-0.4, -0.2) is 4.98 Å². The molecule has 6 heteroatoms. The second-order valence-electron chi connectivity index (χ2n) is 7.76. The molecule has 31 heavy (non-hydrogen) atoms. The number of nitroso groups, excluding NO2 is 1. The van der Waals surface area contributed by atoms with E-state index in [1.165, 1.54) is 11.1 Å². The van der Waals surface area contributed by atoms with Crippen LogP contribution in [0.1, 0.15) is 40.8 Å². The van der Waals surface area contributed by atoms with Gasteiger partial charge in [-0.2, -0.15) is 0 Å². The summed E-state index contributed by atoms with van der Waals surface area (Å²) in [4.78, 5) is 16.4. The summed E-state index contributed by atoms with van der Waals surface area (Å²) in [7, 11) is 0. The minimum absolute atomic E-state index is 0.171. The molecule has 0 bridgehead atoms. The second kappa shape index (κ2) is 7.87. The topological polar surface area (TPSA) is 54.4 Å². The zero-order chi connectivity index (χ0) is 21.4. The highest BCUT2D eigenvalue weighted by atomic mass is 19.1. The summed E-state index contributed by atoms with van der Waals surface area (Å²) in [6.07, 6.45) is 2.03. The highest BCUT2D eigenvalue weighted by molar-refractivity contribution is 5.84. The Labute approximate surface area is 177 Å². The quantitative estimate of drug-likeness (QED) is 0.380. The first kappa shape index (κ1) is 19.3. The Morgan fingerprint density at radius 1 is 0.968 bits per heavy atom. The minimum atomic E-state index is -1.03. The Kier molecular flexibility index (Phi) is 4.90. The van der Waals surface area contributed by atoms with Crippen LogP contribution in [0.5, 0.6) is 0 Å². The van der Waals surface area contributed by atoms with Gasteiger partial charge in [0.15, 0.2) is 0 Å². The number of halogens is 2. The van der Waals surface area contributed by atoms with Crippen LogP contribution in [0, 0.1) is 16.5 Å². The average molecular weight is 415 g/mol. The number of aryl methyl sites for hydroxylation is 1. The van der Waals surface area contributed by atoms with Crippen LogP contribution in [0.2, 0.25) is 0 Å². The molecule has 4 aromatic rings. The van der Waals surface area contributed by atoms with E-state index in [0.29, 0.717) is 16.5 Å². The Morgan fingerprint density at radius 2 is 1.77 bits per heavy atom. The summed E-state index contributed by atoms with van der Waals surface area (Å²) in [5.74, 6) is -0.755. The third-order valence-electron chi connectivity index (χ3n) is 5.82. The normalized spacial score (nSPS) is 16.1. The van der Waals surface area contributed by atoms with Crippen LogP contribution >= 0.6 is 0 Å². The fourth-order valence-corrected chi connectivity index (χ4v) is 4.41. The van der Waals surface area contributed by atoms with Crippen molar-refractivity contribution < 1.29 is 8.78 Å². The van der Waals surface area contributed by atoms with E-state index in [2.05, 4.69) is 28.7 Å². The van der Waals surface area contributed by atoms with Gasteiger partial charge in [0.05, 0.1) is 11.6 Å². The molecule has 1 aliphatic rings. The van der Waals surface area contributed by atoms with Crippen molar-refractivity contribution >= 4 is 16.7 Å². The number of fused-ring (bicyclic) bond motifs is 2. The Morgan fingerprint density at radius 3 is 2.58 bits per heavy atom. The number of nitrogens with one attached hydrogen (secondary N) is 1. The van der Waals surface area contributed by atoms with E-state index >= 15 is 0 Å². The first-order valence-corrected chi connectivity index (χ1v) is 10.1. The first-order chi connectivity index (χ1) is 15.1. The highest BCUT2D eigenvalue weighted by Crippen LogP contribution is 2.35. The SMILES string of the molecule is O=NC(c1cc(F)cc(F)c1)c1cccc2nc(NC3CCc4ccccc43)ccc12. The summed E-state index contributed by atoms with van der Waals surface area (Å²) < 4.78 is 27.4. The molecule has 0 aliphatic heterocycles. The van der Waals surface area contributed by atoms with Crippen molar-refractivity contribution in [3.05, 3.63) is 112 Å². The molecule has 2 atom stereocenters. The van der Waals surface area contributed by atoms with E-state index in [1.54, 1.807) is 12.1 Å². The zero-order valence-corrected chi connectivity index (χ0v) is 16.6. The highest BCUT2D eigenvalue weighted by Gasteiger charge is 2.23. The molecule has 0 amide bonds. The maximum atomic E-state index is 13.7. The molecule has 3 aromatic carbocycles. The van der Waals surface area contributed by atoms with E-state index in [1.807, 2.05) is 24.3 Å². The second-order valence-corrected chi connectivity index (χ2v) is 7.76. The third-order valence-corrected chi connectivity index (χ3v) is 5.82. The number of nitrogens with zero attached hydrogens (tertiary/aromatic N) is 2. The van der Waals surface area contributed by atoms with Crippen LogP contribution in [0.15, 0.2) is 78.0 Å². The summed E-state index contributed by atoms with van der Waals surface area (Å²) in [6, 6.07) is 19.7. The lowest BCUT2D eigenvalue weighted by molar-refractivity contribution is 0.577. The molecule has 0 saturated heterocycles. The molecule has 2 unspecified atom stereocenters. The van der Waals surface area contributed by atoms with Gasteiger partial charge in [-0.1, -0.05) is 41.6 Å². The molecular weight excluding hydrogens is 396 g/mol. The van der Waals surface area contributed by atoms with E-state index in [4.69, 9.17) is 4.98 Å². The van der Waals surface area contributed by atoms with Crippen LogP contribution in [0.3, 0.4) is 0 Å². The number of hydrogen-bond acceptors (Lipinski definition) is 4. The van der Waals surface area contributed by atoms with Gasteiger partial charge in [0.1, 0.15) is 23.5 Å². The summed E-state index contributed by atoms with van der Waals surface area (Å²) in [5.41, 5.74) is 4.05. The predicted octanol–water partition coefficient (Wildman–Crippen LogP) is 6.47. The van der Waals surface area contributed by atoms with Gasteiger partial charge >= 0.3 is 0 Å². The lowest BCUT2D eigenvalue weighted by atomic mass is 9.95. The van der Waals surface area contributed by atoms with Gasteiger partial charge in [-0.3, -0.25) is 0 Å². The smallest absolute Gasteiger partial charge is 0.143 e. The number of pyridine rings is 1. The van der Waals surface area contributed by atoms with Crippen molar-refractivity contribution in [2.75, 3.05) is 5.32 Å². The third kappa shape index (κ3) is 3.65. The van der Waals surface area contributed by atoms with Crippen molar-refractivity contribution in [2.45, 2.75) is 24.9 Å². The maximum absolute atomic E-state index is 13.7. The van der Waals surface area contributed by atoms with Crippen molar-refractivity contribution in [2.24, 2.45) is 5.18 Å². The van der Waals surface area contributed by atoms with Gasteiger partial charge in [0, 0.05) is 11.5 Å². The van der Waals surface area contributed by atoms with Crippen LogP contribution in [-0.2, 0) is 6.42 Å². The standard InChI is InChI=1S/C25H19F2N3O/c26-17-12-16(13-18(27)14-17)25(30-31)21-6-3-7-22-20(21)9-11-24(28-22)29-23-10-8-15-4-1-2-5-19(15)23/h1-7,9,11-14,23,25H,8,10H2,(H,28,29). The first-order valence-electron chi connectivity index (χ1n) is 10.1. The number of hydrogen-bond donors (Lipinski definition) is 1. The van der Waals surface area contributed by atoms with Gasteiger partial charge in [0.2, 0.25) is 0 Å². The fraction of sp³-hybridized carbons (Fsp3) is 0.160. The molecule has 0 fully saturated rings. The van der Waals surface area contributed by atoms with E-state index < -0.39 is 17.7 Å². The molecule has 5 rings (SSSR count). The maximum Gasteiger partial charge on any atom is 0.143 e. The molecular formula is C25H19F2N3O. The summed E-state index contributed by atoms with van der Waals surface area (Å²) >= 11 is 0. The van der Waals surface area contributed by atoms with Crippen molar-refractivity contribution in [1.82, 2.24) is 4.98 Å². The largest absolute Gasteiger partial charge is 0.363 e. The molecule has 0 spiro atoms. The lowest BCUT2D eigenvalue weighted by Gasteiger charge is -2.17. The summed E-state index contributed by atoms with van der Waals surface area (Å²) in [5, 5.41) is 7.38. The molecule has 0 saturated carbocycles. The van der Waals surface area contributed by atoms with Gasteiger partial charge in [-0.05, 0) is 65.4 Å². The molecule has 1 aromatic heterocycles. The van der Waals surface area contributed by atoms with Gasteiger partial charge in [-0.25, -0.2) is 13.8 Å². The van der Waals surface area contributed by atoms with E-state index in [9.17, 15) is 13.7 Å². The predicted molar refractivity (Wildman–Crippen MR) is 117 cm³/mol. The van der Waals surface area contributed by atoms with Gasteiger partial charge in [-0.15, -0.1) is 4.91 Å². The van der Waals surface area contributed by atoms with Crippen LogP contribution in [0.4, 0.5) is 14.6 Å². The number of aromatic nitrogens is 1. The lowest BCUT2D eigenvalue weighted by Crippen LogP contribution is -2.08. The molecule has 154 valence electrons. The minimum Gasteiger partial charge on any atom is -0.363 e. The van der Waals surface area contributed by atoms with Crippen molar-refractivity contribution in [3.63, 3.8) is 0 Å². The van der Waals surface area contributed by atoms with E-state index in [-0.39, 0.29) is 11.6 Å². The Hall–Kier alpha value is -3.67. The van der Waals surface area contributed by atoms with Gasteiger partial charge in [0.25, 0.3) is 0 Å². The van der Waals surface area contributed by atoms with Crippen LogP contribution in [0.25, 0.3) is 10.9 Å². The molecule has 1 heterocycles. The van der Waals surface area contributed by atoms with E-state index in [0.717, 1.165) is 36.9 Å². The molecule has 1 N–H and O–H groups in total. The van der Waals surface area contributed by atoms with Crippen molar-refractivity contribution in [3.8, 4) is 0 Å². The molecule has 0 radical (unpaired) electrons. The van der Waals surface area contributed by atoms with Gasteiger partial charge < -0.3 is 5.32 Å². The summed E-state index contributed by atoms with van der Waals surface area (Å²) in [6.45, 7) is 0. The zero-order valence-electron chi connectivity index (χ0n) is 16.6. The average Bonchev–Trinajstić information content (AvgIpc) is 3.16. The number of benzene rings is 3. The number of rotatable bonds is 5. The number of anilines is 1. The fourth-order valence-electron chi connectivity index (χ4n) is 4.41. The monoisotopic (exact) mass is 415 g/mol. The Balaban J connectivity index is 1.50.